The van der Waals surface area contributed by atoms with Gasteiger partial charge in [0.2, 0.25) is 5.91 Å². The van der Waals surface area contributed by atoms with Crippen LogP contribution in [0, 0.1) is 5.82 Å². The summed E-state index contributed by atoms with van der Waals surface area (Å²) < 4.78 is 13.1. The molecule has 1 rings (SSSR count). The SMILES string of the molecule is CC(C)NC(=O)CCNC(C)c1cc(F)ccc1O. The highest BCUT2D eigenvalue weighted by atomic mass is 19.1. The third-order valence-corrected chi connectivity index (χ3v) is 2.71. The van der Waals surface area contributed by atoms with Gasteiger partial charge >= 0.3 is 0 Å². The molecule has 0 spiro atoms. The Morgan fingerprint density at radius 2 is 2.05 bits per heavy atom. The lowest BCUT2D eigenvalue weighted by atomic mass is 10.1. The highest BCUT2D eigenvalue weighted by molar-refractivity contribution is 5.76. The van der Waals surface area contributed by atoms with Gasteiger partial charge in [0.1, 0.15) is 11.6 Å². The van der Waals surface area contributed by atoms with Crippen molar-refractivity contribution in [2.45, 2.75) is 39.3 Å². The van der Waals surface area contributed by atoms with Crippen LogP contribution >= 0.6 is 0 Å². The number of phenolic OH excluding ortho intramolecular Hbond substituents is 1. The van der Waals surface area contributed by atoms with Gasteiger partial charge in [-0.25, -0.2) is 4.39 Å². The highest BCUT2D eigenvalue weighted by Crippen LogP contribution is 2.24. The normalized spacial score (nSPS) is 12.5. The molecule has 0 aliphatic heterocycles. The molecule has 0 bridgehead atoms. The Balaban J connectivity index is 2.45. The van der Waals surface area contributed by atoms with Crippen LogP contribution in [0.4, 0.5) is 4.39 Å². The highest BCUT2D eigenvalue weighted by Gasteiger charge is 2.11. The van der Waals surface area contributed by atoms with E-state index in [1.165, 1.54) is 18.2 Å². The zero-order valence-corrected chi connectivity index (χ0v) is 11.5. The number of hydrogen-bond donors (Lipinski definition) is 3. The number of carbonyl (C=O) groups excluding carboxylic acids is 1. The molecule has 0 radical (unpaired) electrons. The van der Waals surface area contributed by atoms with E-state index in [2.05, 4.69) is 10.6 Å². The fourth-order valence-corrected chi connectivity index (χ4v) is 1.78. The third-order valence-electron chi connectivity index (χ3n) is 2.71. The summed E-state index contributed by atoms with van der Waals surface area (Å²) in [7, 11) is 0. The maximum Gasteiger partial charge on any atom is 0.221 e. The van der Waals surface area contributed by atoms with E-state index in [9.17, 15) is 14.3 Å². The molecule has 1 amide bonds. The van der Waals surface area contributed by atoms with Crippen LogP contribution in [0.25, 0.3) is 0 Å². The first-order valence-electron chi connectivity index (χ1n) is 6.41. The Morgan fingerprint density at radius 1 is 1.37 bits per heavy atom. The number of benzene rings is 1. The number of hydrogen-bond acceptors (Lipinski definition) is 3. The van der Waals surface area contributed by atoms with Gasteiger partial charge in [0, 0.05) is 30.6 Å². The van der Waals surface area contributed by atoms with Crippen LogP contribution in [-0.2, 0) is 4.79 Å². The summed E-state index contributed by atoms with van der Waals surface area (Å²) in [6, 6.07) is 3.73. The Morgan fingerprint density at radius 3 is 2.68 bits per heavy atom. The summed E-state index contributed by atoms with van der Waals surface area (Å²) in [6.07, 6.45) is 0.346. The lowest BCUT2D eigenvalue weighted by molar-refractivity contribution is -0.121. The second-order valence-electron chi connectivity index (χ2n) is 4.85. The van der Waals surface area contributed by atoms with E-state index in [1.54, 1.807) is 0 Å². The van der Waals surface area contributed by atoms with E-state index < -0.39 is 0 Å². The quantitative estimate of drug-likeness (QED) is 0.740. The first-order chi connectivity index (χ1) is 8.90. The molecule has 4 nitrogen and oxygen atoms in total. The van der Waals surface area contributed by atoms with Crippen molar-refractivity contribution in [3.05, 3.63) is 29.6 Å². The van der Waals surface area contributed by atoms with Crippen molar-refractivity contribution < 1.29 is 14.3 Å². The summed E-state index contributed by atoms with van der Waals surface area (Å²) in [5.74, 6) is -0.370. The largest absolute Gasteiger partial charge is 0.508 e. The Kier molecular flexibility index (Phi) is 5.76. The van der Waals surface area contributed by atoms with Crippen molar-refractivity contribution in [2.75, 3.05) is 6.54 Å². The van der Waals surface area contributed by atoms with Crippen LogP contribution in [0.5, 0.6) is 5.75 Å². The van der Waals surface area contributed by atoms with E-state index in [0.29, 0.717) is 18.5 Å². The monoisotopic (exact) mass is 268 g/mol. The predicted octanol–water partition coefficient (Wildman–Crippen LogP) is 2.10. The van der Waals surface area contributed by atoms with Gasteiger partial charge in [-0.05, 0) is 39.0 Å². The fourth-order valence-electron chi connectivity index (χ4n) is 1.78. The van der Waals surface area contributed by atoms with E-state index in [-0.39, 0.29) is 29.6 Å². The van der Waals surface area contributed by atoms with Gasteiger partial charge in [0.25, 0.3) is 0 Å². The molecule has 1 atom stereocenters. The first kappa shape index (κ1) is 15.4. The topological polar surface area (TPSA) is 61.4 Å². The van der Waals surface area contributed by atoms with Gasteiger partial charge in [-0.3, -0.25) is 4.79 Å². The summed E-state index contributed by atoms with van der Waals surface area (Å²) in [5.41, 5.74) is 0.490. The van der Waals surface area contributed by atoms with E-state index >= 15 is 0 Å². The van der Waals surface area contributed by atoms with Crippen LogP contribution < -0.4 is 10.6 Å². The van der Waals surface area contributed by atoms with E-state index in [4.69, 9.17) is 0 Å². The smallest absolute Gasteiger partial charge is 0.221 e. The molecule has 1 aromatic rings. The number of phenols is 1. The number of amides is 1. The molecule has 0 aliphatic carbocycles. The molecule has 19 heavy (non-hydrogen) atoms. The minimum atomic E-state index is -0.390. The molecule has 0 saturated heterocycles. The van der Waals surface area contributed by atoms with E-state index in [0.717, 1.165) is 0 Å². The van der Waals surface area contributed by atoms with Gasteiger partial charge in [-0.1, -0.05) is 0 Å². The van der Waals surface area contributed by atoms with Gasteiger partial charge in [0.15, 0.2) is 0 Å². The molecular weight excluding hydrogens is 247 g/mol. The standard InChI is InChI=1S/C14H21FN2O2/c1-9(2)17-14(19)6-7-16-10(3)12-8-11(15)4-5-13(12)18/h4-5,8-10,16,18H,6-7H2,1-3H3,(H,17,19). The maximum absolute atomic E-state index is 13.1. The van der Waals surface area contributed by atoms with Gasteiger partial charge in [-0.15, -0.1) is 0 Å². The van der Waals surface area contributed by atoms with Crippen molar-refractivity contribution >= 4 is 5.91 Å². The fraction of sp³-hybridized carbons (Fsp3) is 0.500. The molecule has 5 heteroatoms. The molecule has 106 valence electrons. The number of rotatable bonds is 6. The Hall–Kier alpha value is -1.62. The van der Waals surface area contributed by atoms with Crippen molar-refractivity contribution in [2.24, 2.45) is 0 Å². The maximum atomic E-state index is 13.1. The lowest BCUT2D eigenvalue weighted by Gasteiger charge is -2.16. The van der Waals surface area contributed by atoms with Crippen molar-refractivity contribution in [3.63, 3.8) is 0 Å². The molecule has 0 aliphatic rings. The molecule has 0 fully saturated rings. The van der Waals surface area contributed by atoms with Gasteiger partial charge in [-0.2, -0.15) is 0 Å². The average molecular weight is 268 g/mol. The summed E-state index contributed by atoms with van der Waals surface area (Å²) in [6.45, 7) is 6.09. The number of carbonyl (C=O) groups is 1. The number of halogens is 1. The first-order valence-corrected chi connectivity index (χ1v) is 6.41. The van der Waals surface area contributed by atoms with Crippen molar-refractivity contribution in [1.82, 2.24) is 10.6 Å². The summed E-state index contributed by atoms with van der Waals surface area (Å²) in [5, 5.41) is 15.5. The molecule has 0 heterocycles. The molecule has 0 aromatic heterocycles. The minimum absolute atomic E-state index is 0.0295. The van der Waals surface area contributed by atoms with Crippen LogP contribution in [-0.4, -0.2) is 23.6 Å². The van der Waals surface area contributed by atoms with Gasteiger partial charge < -0.3 is 15.7 Å². The molecule has 3 N–H and O–H groups in total. The van der Waals surface area contributed by atoms with Crippen LogP contribution in [0.3, 0.4) is 0 Å². The average Bonchev–Trinajstić information content (AvgIpc) is 2.31. The lowest BCUT2D eigenvalue weighted by Crippen LogP contribution is -2.33. The number of nitrogens with one attached hydrogen (secondary N) is 2. The Bertz CT molecular complexity index is 435. The van der Waals surface area contributed by atoms with Crippen LogP contribution in [0.15, 0.2) is 18.2 Å². The second kappa shape index (κ2) is 7.09. The second-order valence-corrected chi connectivity index (χ2v) is 4.85. The molecule has 1 aromatic carbocycles. The predicted molar refractivity (Wildman–Crippen MR) is 72.4 cm³/mol. The summed E-state index contributed by atoms with van der Waals surface area (Å²) >= 11 is 0. The van der Waals surface area contributed by atoms with E-state index in [1.807, 2.05) is 20.8 Å². The van der Waals surface area contributed by atoms with Gasteiger partial charge in [0.05, 0.1) is 0 Å². The minimum Gasteiger partial charge on any atom is -0.508 e. The molecule has 1 unspecified atom stereocenters. The van der Waals surface area contributed by atoms with Crippen LogP contribution in [0.2, 0.25) is 0 Å². The van der Waals surface area contributed by atoms with Crippen LogP contribution in [0.1, 0.15) is 38.8 Å². The third kappa shape index (κ3) is 5.26. The summed E-state index contributed by atoms with van der Waals surface area (Å²) in [4.78, 5) is 11.4. The van der Waals surface area contributed by atoms with Crippen molar-refractivity contribution in [3.8, 4) is 5.75 Å². The zero-order valence-electron chi connectivity index (χ0n) is 11.5. The molecular formula is C14H21FN2O2. The Labute approximate surface area is 113 Å². The zero-order chi connectivity index (χ0) is 14.4. The van der Waals surface area contributed by atoms with Crippen molar-refractivity contribution in [1.29, 1.82) is 0 Å². The molecule has 0 saturated carbocycles. The number of aromatic hydroxyl groups is 1.